The van der Waals surface area contributed by atoms with Gasteiger partial charge in [-0.1, -0.05) is 12.1 Å². The number of aromatic amines is 1. The predicted octanol–water partition coefficient (Wildman–Crippen LogP) is -0.0217. The zero-order valence-electron chi connectivity index (χ0n) is 13.2. The highest BCUT2D eigenvalue weighted by molar-refractivity contribution is 7.60. The molecule has 1 atom stereocenters. The fourth-order valence-electron chi connectivity index (χ4n) is 2.31. The van der Waals surface area contributed by atoms with Crippen LogP contribution in [0.25, 0.3) is 11.0 Å². The lowest BCUT2D eigenvalue weighted by Crippen LogP contribution is -2.16. The van der Waals surface area contributed by atoms with Crippen LogP contribution in [0.3, 0.4) is 0 Å². The molecule has 3 aromatic rings. The average Bonchev–Trinajstić information content (AvgIpc) is 3.03. The van der Waals surface area contributed by atoms with Crippen LogP contribution < -0.4 is 15.9 Å². The normalized spacial score (nSPS) is 13.1. The van der Waals surface area contributed by atoms with E-state index in [9.17, 15) is 9.67 Å². The Bertz CT molecular complexity index is 923. The van der Waals surface area contributed by atoms with Crippen molar-refractivity contribution in [2.75, 3.05) is 12.4 Å². The molecule has 1 unspecified atom stereocenters. The summed E-state index contributed by atoms with van der Waals surface area (Å²) in [6.07, 6.45) is 0.441. The molecule has 0 spiro atoms. The minimum Gasteiger partial charge on any atom is -0.373 e. The molecule has 1 aromatic carbocycles. The second-order valence-corrected chi connectivity index (χ2v) is 6.92. The summed E-state index contributed by atoms with van der Waals surface area (Å²) >= 11 is 0. The lowest BCUT2D eigenvalue weighted by molar-refractivity contribution is 0.146. The van der Waals surface area contributed by atoms with Gasteiger partial charge in [0.25, 0.3) is 0 Å². The number of hydrogen-bond donors (Lipinski definition) is 6. The third-order valence-electron chi connectivity index (χ3n) is 3.65. The predicted molar refractivity (Wildman–Crippen MR) is 91.2 cm³/mol. The SMILES string of the molecule is CNC(O)c1[nH]nc2c(NCc3ccc(P(=O)(O)O)cc3)ncnc12. The van der Waals surface area contributed by atoms with Crippen molar-refractivity contribution in [3.05, 3.63) is 41.9 Å². The zero-order chi connectivity index (χ0) is 18.0. The fourth-order valence-corrected chi connectivity index (χ4v) is 2.85. The van der Waals surface area contributed by atoms with Crippen LogP contribution in [-0.4, -0.2) is 42.1 Å². The largest absolute Gasteiger partial charge is 0.373 e. The molecule has 0 radical (unpaired) electrons. The van der Waals surface area contributed by atoms with E-state index in [-0.39, 0.29) is 5.30 Å². The van der Waals surface area contributed by atoms with Gasteiger partial charge in [-0.15, -0.1) is 0 Å². The van der Waals surface area contributed by atoms with E-state index in [0.29, 0.717) is 29.1 Å². The lowest BCUT2D eigenvalue weighted by atomic mass is 10.2. The molecule has 25 heavy (non-hydrogen) atoms. The quantitative estimate of drug-likeness (QED) is 0.261. The first kappa shape index (κ1) is 17.5. The Balaban J connectivity index is 1.80. The van der Waals surface area contributed by atoms with Gasteiger partial charge in [-0.25, -0.2) is 9.97 Å². The van der Waals surface area contributed by atoms with Crippen LogP contribution in [0.15, 0.2) is 30.6 Å². The maximum Gasteiger partial charge on any atom is 0.356 e. The Hall–Kier alpha value is -2.36. The number of aliphatic hydroxyl groups is 1. The van der Waals surface area contributed by atoms with Gasteiger partial charge < -0.3 is 20.2 Å². The third-order valence-corrected chi connectivity index (χ3v) is 4.62. The number of hydrogen-bond acceptors (Lipinski definition) is 7. The van der Waals surface area contributed by atoms with E-state index in [0.717, 1.165) is 5.56 Å². The van der Waals surface area contributed by atoms with E-state index < -0.39 is 13.8 Å². The standard InChI is InChI=1S/C14H17N6O4P/c1-15-14(21)12-10-11(19-20-12)13(18-7-17-10)16-6-8-2-4-9(5-3-8)25(22,23)24/h2-5,7,14-15,21H,6H2,1H3,(H,19,20)(H,16,17,18)(H2,22,23,24). The van der Waals surface area contributed by atoms with Gasteiger partial charge in [0.2, 0.25) is 0 Å². The first-order chi connectivity index (χ1) is 11.9. The van der Waals surface area contributed by atoms with E-state index in [1.807, 2.05) is 0 Å². The Morgan fingerprint density at radius 3 is 2.56 bits per heavy atom. The Morgan fingerprint density at radius 1 is 1.20 bits per heavy atom. The van der Waals surface area contributed by atoms with Crippen molar-refractivity contribution in [3.63, 3.8) is 0 Å². The van der Waals surface area contributed by atoms with Crippen LogP contribution in [0.5, 0.6) is 0 Å². The van der Waals surface area contributed by atoms with Crippen molar-refractivity contribution >= 4 is 29.8 Å². The van der Waals surface area contributed by atoms with Gasteiger partial charge in [0.15, 0.2) is 11.3 Å². The molecule has 132 valence electrons. The summed E-state index contributed by atoms with van der Waals surface area (Å²) in [5.74, 6) is 0.481. The molecular formula is C14H17N6O4P. The molecule has 11 heteroatoms. The number of nitrogens with zero attached hydrogens (tertiary/aromatic N) is 3. The van der Waals surface area contributed by atoms with Crippen LogP contribution in [-0.2, 0) is 11.1 Å². The van der Waals surface area contributed by atoms with Gasteiger partial charge in [0.1, 0.15) is 23.8 Å². The topological polar surface area (TPSA) is 156 Å². The number of fused-ring (bicyclic) bond motifs is 1. The van der Waals surface area contributed by atoms with Gasteiger partial charge in [-0.3, -0.25) is 15.0 Å². The van der Waals surface area contributed by atoms with Crippen molar-refractivity contribution in [3.8, 4) is 0 Å². The number of rotatable bonds is 6. The first-order valence-corrected chi connectivity index (χ1v) is 8.94. The van der Waals surface area contributed by atoms with Gasteiger partial charge in [0.05, 0.1) is 5.30 Å². The fraction of sp³-hybridized carbons (Fsp3) is 0.214. The number of aliphatic hydroxyl groups excluding tert-OH is 1. The lowest BCUT2D eigenvalue weighted by Gasteiger charge is -2.08. The summed E-state index contributed by atoms with van der Waals surface area (Å²) in [4.78, 5) is 26.5. The van der Waals surface area contributed by atoms with Gasteiger partial charge in [-0.05, 0) is 24.7 Å². The molecule has 2 heterocycles. The van der Waals surface area contributed by atoms with Crippen molar-refractivity contribution < 1.29 is 19.5 Å². The summed E-state index contributed by atoms with van der Waals surface area (Å²) < 4.78 is 11.2. The Kier molecular flexibility index (Phi) is 4.80. The highest BCUT2D eigenvalue weighted by Crippen LogP contribution is 2.32. The minimum atomic E-state index is -4.24. The highest BCUT2D eigenvalue weighted by atomic mass is 31.2. The Labute approximate surface area is 142 Å². The van der Waals surface area contributed by atoms with Crippen molar-refractivity contribution in [2.45, 2.75) is 12.8 Å². The second-order valence-electron chi connectivity index (χ2n) is 5.31. The van der Waals surface area contributed by atoms with Crippen molar-refractivity contribution in [1.29, 1.82) is 0 Å². The van der Waals surface area contributed by atoms with Crippen LogP contribution >= 0.6 is 7.60 Å². The molecule has 3 rings (SSSR count). The van der Waals surface area contributed by atoms with Crippen LogP contribution in [0.2, 0.25) is 0 Å². The molecule has 10 nitrogen and oxygen atoms in total. The third kappa shape index (κ3) is 3.68. The summed E-state index contributed by atoms with van der Waals surface area (Å²) in [7, 11) is -2.63. The summed E-state index contributed by atoms with van der Waals surface area (Å²) in [5.41, 5.74) is 2.23. The summed E-state index contributed by atoms with van der Waals surface area (Å²) in [6, 6.07) is 6.04. The number of H-pyrrole nitrogens is 1. The number of benzene rings is 1. The molecule has 0 aliphatic rings. The molecular weight excluding hydrogens is 347 g/mol. The molecule has 0 aliphatic heterocycles. The van der Waals surface area contributed by atoms with E-state index in [1.54, 1.807) is 19.2 Å². The van der Waals surface area contributed by atoms with Crippen molar-refractivity contribution in [1.82, 2.24) is 25.5 Å². The average molecular weight is 364 g/mol. The van der Waals surface area contributed by atoms with E-state index in [4.69, 9.17) is 9.79 Å². The molecule has 0 fully saturated rings. The molecule has 2 aromatic heterocycles. The molecule has 0 saturated heterocycles. The Morgan fingerprint density at radius 2 is 1.92 bits per heavy atom. The molecule has 0 saturated carbocycles. The van der Waals surface area contributed by atoms with E-state index >= 15 is 0 Å². The van der Waals surface area contributed by atoms with E-state index in [2.05, 4.69) is 30.8 Å². The van der Waals surface area contributed by atoms with Crippen LogP contribution in [0.4, 0.5) is 5.82 Å². The summed E-state index contributed by atoms with van der Waals surface area (Å²) in [5, 5.41) is 22.5. The minimum absolute atomic E-state index is 0.0290. The zero-order valence-corrected chi connectivity index (χ0v) is 14.1. The van der Waals surface area contributed by atoms with Gasteiger partial charge in [-0.2, -0.15) is 5.10 Å². The van der Waals surface area contributed by atoms with Crippen LogP contribution in [0, 0.1) is 0 Å². The number of anilines is 1. The molecule has 0 aliphatic carbocycles. The maximum atomic E-state index is 11.2. The number of nitrogens with one attached hydrogen (secondary N) is 3. The summed E-state index contributed by atoms with van der Waals surface area (Å²) in [6.45, 7) is 0.379. The van der Waals surface area contributed by atoms with Crippen molar-refractivity contribution in [2.24, 2.45) is 0 Å². The monoisotopic (exact) mass is 364 g/mol. The van der Waals surface area contributed by atoms with E-state index in [1.165, 1.54) is 18.5 Å². The molecule has 6 N–H and O–H groups in total. The van der Waals surface area contributed by atoms with Crippen LogP contribution in [0.1, 0.15) is 17.5 Å². The van der Waals surface area contributed by atoms with Gasteiger partial charge >= 0.3 is 7.60 Å². The maximum absolute atomic E-state index is 11.2. The molecule has 0 amide bonds. The smallest absolute Gasteiger partial charge is 0.356 e. The second kappa shape index (κ2) is 6.87. The highest BCUT2D eigenvalue weighted by Gasteiger charge is 2.18. The molecule has 0 bridgehead atoms. The van der Waals surface area contributed by atoms with Gasteiger partial charge in [0, 0.05) is 6.54 Å². The number of aromatic nitrogens is 4. The first-order valence-electron chi connectivity index (χ1n) is 7.33.